The quantitative estimate of drug-likeness (QED) is 0.725. The highest BCUT2D eigenvalue weighted by atomic mass is 16.5. The van der Waals surface area contributed by atoms with Crippen molar-refractivity contribution in [2.75, 3.05) is 6.61 Å². The Balaban J connectivity index is 2.99. The number of carbonyl (C=O) groups is 1. The van der Waals surface area contributed by atoms with Gasteiger partial charge in [0.15, 0.2) is 6.29 Å². The van der Waals surface area contributed by atoms with Gasteiger partial charge in [-0.3, -0.25) is 9.78 Å². The molecule has 0 fully saturated rings. The van der Waals surface area contributed by atoms with Crippen LogP contribution in [0.2, 0.25) is 0 Å². The Morgan fingerprint density at radius 1 is 1.64 bits per heavy atom. The summed E-state index contributed by atoms with van der Waals surface area (Å²) in [6.07, 6.45) is 3.45. The Morgan fingerprint density at radius 3 is 2.93 bits per heavy atom. The van der Waals surface area contributed by atoms with Crippen LogP contribution in [-0.2, 0) is 10.4 Å². The number of hydrogen-bond acceptors (Lipinski definition) is 4. The van der Waals surface area contributed by atoms with Crippen LogP contribution in [0.25, 0.3) is 0 Å². The molecule has 14 heavy (non-hydrogen) atoms. The molecule has 0 bridgehead atoms. The van der Waals surface area contributed by atoms with E-state index in [-0.39, 0.29) is 0 Å². The fourth-order valence-electron chi connectivity index (χ4n) is 1.01. The molecule has 76 valence electrons. The number of aliphatic hydroxyl groups is 1. The smallest absolute Gasteiger partial charge is 0.155 e. The SMILES string of the molecule is CCOc1cncc(C(C)(O)C=O)c1. The molecule has 0 aliphatic heterocycles. The minimum absolute atomic E-state index is 0.429. The van der Waals surface area contributed by atoms with Crippen LogP contribution in [0.3, 0.4) is 0 Å². The highest BCUT2D eigenvalue weighted by Gasteiger charge is 2.22. The van der Waals surface area contributed by atoms with Gasteiger partial charge in [0, 0.05) is 11.8 Å². The van der Waals surface area contributed by atoms with Gasteiger partial charge in [0.2, 0.25) is 0 Å². The lowest BCUT2D eigenvalue weighted by Crippen LogP contribution is -2.22. The number of rotatable bonds is 4. The second-order valence-corrected chi connectivity index (χ2v) is 3.11. The van der Waals surface area contributed by atoms with E-state index in [2.05, 4.69) is 4.98 Å². The lowest BCUT2D eigenvalue weighted by Gasteiger charge is -2.16. The molecule has 0 aromatic carbocycles. The number of aromatic nitrogens is 1. The predicted molar refractivity (Wildman–Crippen MR) is 51.0 cm³/mol. The molecule has 0 radical (unpaired) electrons. The Bertz CT molecular complexity index is 323. The van der Waals surface area contributed by atoms with E-state index < -0.39 is 5.60 Å². The van der Waals surface area contributed by atoms with Crippen LogP contribution in [0.1, 0.15) is 19.4 Å². The molecule has 0 aliphatic rings. The molecule has 1 atom stereocenters. The number of aldehydes is 1. The van der Waals surface area contributed by atoms with Gasteiger partial charge in [-0.25, -0.2) is 0 Å². The van der Waals surface area contributed by atoms with Crippen molar-refractivity contribution in [3.8, 4) is 5.75 Å². The molecule has 1 aromatic heterocycles. The lowest BCUT2D eigenvalue weighted by atomic mass is 10.00. The fourth-order valence-corrected chi connectivity index (χ4v) is 1.01. The molecule has 1 aromatic rings. The minimum Gasteiger partial charge on any atom is -0.492 e. The van der Waals surface area contributed by atoms with Crippen LogP contribution < -0.4 is 4.74 Å². The van der Waals surface area contributed by atoms with E-state index in [1.807, 2.05) is 6.92 Å². The van der Waals surface area contributed by atoms with E-state index >= 15 is 0 Å². The number of ether oxygens (including phenoxy) is 1. The molecular weight excluding hydrogens is 182 g/mol. The van der Waals surface area contributed by atoms with Crippen LogP contribution in [0.15, 0.2) is 18.5 Å². The van der Waals surface area contributed by atoms with E-state index in [9.17, 15) is 9.90 Å². The summed E-state index contributed by atoms with van der Waals surface area (Å²) in [4.78, 5) is 14.5. The summed E-state index contributed by atoms with van der Waals surface area (Å²) in [5, 5.41) is 9.62. The van der Waals surface area contributed by atoms with Crippen molar-refractivity contribution < 1.29 is 14.6 Å². The average Bonchev–Trinajstić information content (AvgIpc) is 2.19. The van der Waals surface area contributed by atoms with Crippen molar-refractivity contribution >= 4 is 6.29 Å². The molecule has 0 spiro atoms. The van der Waals surface area contributed by atoms with Crippen molar-refractivity contribution in [1.29, 1.82) is 0 Å². The normalized spacial score (nSPS) is 14.5. The molecular formula is C10H13NO3. The third-order valence-corrected chi connectivity index (χ3v) is 1.84. The zero-order chi connectivity index (χ0) is 10.6. The monoisotopic (exact) mass is 195 g/mol. The third-order valence-electron chi connectivity index (χ3n) is 1.84. The first kappa shape index (κ1) is 10.7. The maximum absolute atomic E-state index is 10.6. The lowest BCUT2D eigenvalue weighted by molar-refractivity contribution is -0.123. The van der Waals surface area contributed by atoms with Crippen LogP contribution in [0.5, 0.6) is 5.75 Å². The van der Waals surface area contributed by atoms with Gasteiger partial charge >= 0.3 is 0 Å². The summed E-state index contributed by atoms with van der Waals surface area (Å²) < 4.78 is 5.20. The molecule has 4 heteroatoms. The summed E-state index contributed by atoms with van der Waals surface area (Å²) in [6.45, 7) is 3.78. The van der Waals surface area contributed by atoms with Gasteiger partial charge in [-0.05, 0) is 19.9 Å². The average molecular weight is 195 g/mol. The maximum atomic E-state index is 10.6. The molecule has 0 amide bonds. The number of nitrogens with zero attached hydrogens (tertiary/aromatic N) is 1. The Labute approximate surface area is 82.5 Å². The number of hydrogen-bond donors (Lipinski definition) is 1. The van der Waals surface area contributed by atoms with Crippen molar-refractivity contribution in [2.45, 2.75) is 19.4 Å². The molecule has 1 rings (SSSR count). The van der Waals surface area contributed by atoms with Crippen molar-refractivity contribution in [1.82, 2.24) is 4.98 Å². The molecule has 1 heterocycles. The highest BCUT2D eigenvalue weighted by molar-refractivity contribution is 5.64. The molecule has 0 saturated carbocycles. The van der Waals surface area contributed by atoms with Crippen molar-refractivity contribution in [3.63, 3.8) is 0 Å². The first-order chi connectivity index (χ1) is 6.60. The fraction of sp³-hybridized carbons (Fsp3) is 0.400. The van der Waals surface area contributed by atoms with E-state index in [4.69, 9.17) is 4.74 Å². The van der Waals surface area contributed by atoms with Gasteiger partial charge < -0.3 is 9.84 Å². The van der Waals surface area contributed by atoms with Gasteiger partial charge in [0.05, 0.1) is 12.8 Å². The number of pyridine rings is 1. The molecule has 0 aliphatic carbocycles. The van der Waals surface area contributed by atoms with Crippen molar-refractivity contribution in [2.24, 2.45) is 0 Å². The summed E-state index contributed by atoms with van der Waals surface area (Å²) in [5.41, 5.74) is -1.07. The summed E-state index contributed by atoms with van der Waals surface area (Å²) in [7, 11) is 0. The maximum Gasteiger partial charge on any atom is 0.155 e. The first-order valence-corrected chi connectivity index (χ1v) is 4.37. The molecule has 1 N–H and O–H groups in total. The molecule has 1 unspecified atom stereocenters. The predicted octanol–water partition coefficient (Wildman–Crippen LogP) is 0.887. The van der Waals surface area contributed by atoms with E-state index in [0.717, 1.165) is 0 Å². The van der Waals surface area contributed by atoms with Gasteiger partial charge in [0.25, 0.3) is 0 Å². The summed E-state index contributed by atoms with van der Waals surface area (Å²) in [6, 6.07) is 1.60. The highest BCUT2D eigenvalue weighted by Crippen LogP contribution is 2.21. The van der Waals surface area contributed by atoms with Crippen LogP contribution in [0, 0.1) is 0 Å². The third kappa shape index (κ3) is 2.29. The summed E-state index contributed by atoms with van der Waals surface area (Å²) >= 11 is 0. The molecule has 0 saturated heterocycles. The largest absolute Gasteiger partial charge is 0.492 e. The topological polar surface area (TPSA) is 59.4 Å². The first-order valence-electron chi connectivity index (χ1n) is 4.37. The Kier molecular flexibility index (Phi) is 3.19. The van der Waals surface area contributed by atoms with Gasteiger partial charge in [-0.2, -0.15) is 0 Å². The van der Waals surface area contributed by atoms with Gasteiger partial charge in [0.1, 0.15) is 11.4 Å². The zero-order valence-electron chi connectivity index (χ0n) is 8.23. The van der Waals surface area contributed by atoms with Crippen LogP contribution in [-0.4, -0.2) is 23.0 Å². The minimum atomic E-state index is -1.50. The molecule has 4 nitrogen and oxygen atoms in total. The van der Waals surface area contributed by atoms with E-state index in [0.29, 0.717) is 24.2 Å². The zero-order valence-corrected chi connectivity index (χ0v) is 8.23. The number of carbonyl (C=O) groups excluding carboxylic acids is 1. The van der Waals surface area contributed by atoms with Crippen LogP contribution >= 0.6 is 0 Å². The van der Waals surface area contributed by atoms with Crippen molar-refractivity contribution in [3.05, 3.63) is 24.0 Å². The van der Waals surface area contributed by atoms with E-state index in [1.165, 1.54) is 19.3 Å². The Morgan fingerprint density at radius 2 is 2.36 bits per heavy atom. The van der Waals surface area contributed by atoms with Gasteiger partial charge in [-0.1, -0.05) is 0 Å². The Hall–Kier alpha value is -1.42. The van der Waals surface area contributed by atoms with Gasteiger partial charge in [-0.15, -0.1) is 0 Å². The standard InChI is InChI=1S/C10H13NO3/c1-3-14-9-4-8(5-11-6-9)10(2,13)7-12/h4-7,13H,3H2,1-2H3. The second kappa shape index (κ2) is 4.19. The second-order valence-electron chi connectivity index (χ2n) is 3.11. The summed E-state index contributed by atoms with van der Waals surface area (Å²) in [5.74, 6) is 0.548. The van der Waals surface area contributed by atoms with E-state index in [1.54, 1.807) is 6.07 Å². The van der Waals surface area contributed by atoms with Crippen LogP contribution in [0.4, 0.5) is 0 Å².